The Morgan fingerprint density at radius 2 is 2.08 bits per heavy atom. The summed E-state index contributed by atoms with van der Waals surface area (Å²) in [7, 11) is 0. The van der Waals surface area contributed by atoms with E-state index in [1.807, 2.05) is 0 Å². The number of hydrogen-bond acceptors (Lipinski definition) is 5. The molecule has 2 aliphatic heterocycles. The fourth-order valence-corrected chi connectivity index (χ4v) is 3.83. The highest BCUT2D eigenvalue weighted by Gasteiger charge is 2.21. The molecule has 0 spiro atoms. The molecule has 140 valence electrons. The lowest BCUT2D eigenvalue weighted by molar-refractivity contribution is 0.110. The van der Waals surface area contributed by atoms with Crippen LogP contribution in [0, 0.1) is 5.82 Å². The zero-order chi connectivity index (χ0) is 17.9. The van der Waals surface area contributed by atoms with E-state index in [4.69, 9.17) is 9.72 Å². The standard InChI is InChI=1S/C20H26FN3O2/c21-16-4-3-14-10-15(12-22-13-18-2-1-9-26-18)20(23-19(14)11-16)24-7-5-17(25)6-8-24/h3-4,10-11,17-18,22,25H,1-2,5-9,12-13H2/t18-/m0/s1. The number of aliphatic hydroxyl groups excluding tert-OH is 1. The highest BCUT2D eigenvalue weighted by molar-refractivity contribution is 5.82. The zero-order valence-electron chi connectivity index (χ0n) is 15.0. The molecule has 2 fully saturated rings. The second-order valence-corrected chi connectivity index (χ2v) is 7.29. The van der Waals surface area contributed by atoms with E-state index in [1.165, 1.54) is 12.1 Å². The summed E-state index contributed by atoms with van der Waals surface area (Å²) in [4.78, 5) is 6.98. The molecule has 1 atom stereocenters. The van der Waals surface area contributed by atoms with E-state index >= 15 is 0 Å². The number of fused-ring (bicyclic) bond motifs is 1. The van der Waals surface area contributed by atoms with Crippen molar-refractivity contribution in [2.45, 2.75) is 44.4 Å². The number of benzene rings is 1. The number of nitrogens with zero attached hydrogens (tertiary/aromatic N) is 2. The average molecular weight is 359 g/mol. The summed E-state index contributed by atoms with van der Waals surface area (Å²) in [6.45, 7) is 3.94. The highest BCUT2D eigenvalue weighted by Crippen LogP contribution is 2.27. The van der Waals surface area contributed by atoms with Crippen molar-refractivity contribution in [1.82, 2.24) is 10.3 Å². The van der Waals surface area contributed by atoms with Gasteiger partial charge in [-0.25, -0.2) is 9.37 Å². The van der Waals surface area contributed by atoms with Crippen LogP contribution in [0.1, 0.15) is 31.2 Å². The molecule has 2 aromatic rings. The fourth-order valence-electron chi connectivity index (χ4n) is 3.83. The van der Waals surface area contributed by atoms with Crippen LogP contribution < -0.4 is 10.2 Å². The Bertz CT molecular complexity index is 756. The SMILES string of the molecule is OC1CCN(c2nc3cc(F)ccc3cc2CNC[C@@H]2CCCO2)CC1. The number of pyridine rings is 1. The molecule has 0 radical (unpaired) electrons. The lowest BCUT2D eigenvalue weighted by Crippen LogP contribution is -2.37. The Labute approximate surface area is 153 Å². The molecule has 26 heavy (non-hydrogen) atoms. The van der Waals surface area contributed by atoms with Crippen molar-refractivity contribution in [1.29, 1.82) is 0 Å². The van der Waals surface area contributed by atoms with E-state index in [-0.39, 0.29) is 11.9 Å². The van der Waals surface area contributed by atoms with Crippen molar-refractivity contribution >= 4 is 16.7 Å². The zero-order valence-corrected chi connectivity index (χ0v) is 15.0. The normalized spacial score (nSPS) is 21.6. The first-order chi connectivity index (χ1) is 12.7. The van der Waals surface area contributed by atoms with Crippen molar-refractivity contribution in [3.63, 3.8) is 0 Å². The summed E-state index contributed by atoms with van der Waals surface area (Å²) in [5.41, 5.74) is 1.78. The number of aromatic nitrogens is 1. The number of anilines is 1. The van der Waals surface area contributed by atoms with Crippen LogP contribution in [-0.2, 0) is 11.3 Å². The summed E-state index contributed by atoms with van der Waals surface area (Å²) in [5.74, 6) is 0.629. The minimum atomic E-state index is -0.269. The molecule has 2 N–H and O–H groups in total. The van der Waals surface area contributed by atoms with E-state index in [1.54, 1.807) is 6.07 Å². The van der Waals surface area contributed by atoms with Crippen LogP contribution in [0.15, 0.2) is 24.3 Å². The van der Waals surface area contributed by atoms with Crippen LogP contribution in [0.25, 0.3) is 10.9 Å². The first-order valence-electron chi connectivity index (χ1n) is 9.53. The predicted octanol–water partition coefficient (Wildman–Crippen LogP) is 2.60. The van der Waals surface area contributed by atoms with E-state index in [9.17, 15) is 9.50 Å². The molecule has 2 saturated heterocycles. The van der Waals surface area contributed by atoms with Gasteiger partial charge in [0.2, 0.25) is 0 Å². The lowest BCUT2D eigenvalue weighted by Gasteiger charge is -2.32. The quantitative estimate of drug-likeness (QED) is 0.859. The molecular weight excluding hydrogens is 333 g/mol. The number of aliphatic hydroxyl groups is 1. The van der Waals surface area contributed by atoms with Gasteiger partial charge in [-0.15, -0.1) is 0 Å². The maximum absolute atomic E-state index is 13.6. The van der Waals surface area contributed by atoms with Gasteiger partial charge in [-0.3, -0.25) is 0 Å². The Morgan fingerprint density at radius 1 is 1.23 bits per heavy atom. The maximum atomic E-state index is 13.6. The third-order valence-electron chi connectivity index (χ3n) is 5.31. The van der Waals surface area contributed by atoms with Crippen LogP contribution in [0.5, 0.6) is 0 Å². The van der Waals surface area contributed by atoms with Gasteiger partial charge in [-0.2, -0.15) is 0 Å². The van der Waals surface area contributed by atoms with Gasteiger partial charge in [-0.05, 0) is 43.9 Å². The number of ether oxygens (including phenoxy) is 1. The highest BCUT2D eigenvalue weighted by atomic mass is 19.1. The minimum absolute atomic E-state index is 0.231. The Kier molecular flexibility index (Phi) is 5.33. The molecule has 0 aliphatic carbocycles. The minimum Gasteiger partial charge on any atom is -0.393 e. The van der Waals surface area contributed by atoms with Crippen LogP contribution >= 0.6 is 0 Å². The molecule has 0 saturated carbocycles. The second kappa shape index (κ2) is 7.86. The van der Waals surface area contributed by atoms with E-state index in [2.05, 4.69) is 16.3 Å². The molecule has 5 nitrogen and oxygen atoms in total. The van der Waals surface area contributed by atoms with Gasteiger partial charge in [0.05, 0.1) is 17.7 Å². The maximum Gasteiger partial charge on any atom is 0.133 e. The second-order valence-electron chi connectivity index (χ2n) is 7.29. The van der Waals surface area contributed by atoms with Crippen molar-refractivity contribution in [3.05, 3.63) is 35.6 Å². The molecule has 0 amide bonds. The Balaban J connectivity index is 1.57. The number of nitrogens with one attached hydrogen (secondary N) is 1. The van der Waals surface area contributed by atoms with E-state index in [0.717, 1.165) is 68.7 Å². The molecule has 6 heteroatoms. The molecular formula is C20H26FN3O2. The smallest absolute Gasteiger partial charge is 0.133 e. The molecule has 4 rings (SSSR count). The van der Waals surface area contributed by atoms with Crippen LogP contribution in [-0.4, -0.2) is 48.5 Å². The molecule has 1 aromatic heterocycles. The van der Waals surface area contributed by atoms with Crippen molar-refractivity contribution in [3.8, 4) is 0 Å². The van der Waals surface area contributed by atoms with E-state index < -0.39 is 0 Å². The van der Waals surface area contributed by atoms with Gasteiger partial charge in [0.15, 0.2) is 0 Å². The summed E-state index contributed by atoms with van der Waals surface area (Å²) in [6, 6.07) is 6.85. The monoisotopic (exact) mass is 359 g/mol. The molecule has 0 bridgehead atoms. The van der Waals surface area contributed by atoms with Gasteiger partial charge < -0.3 is 20.1 Å². The third-order valence-corrected chi connectivity index (χ3v) is 5.31. The van der Waals surface area contributed by atoms with Gasteiger partial charge in [-0.1, -0.05) is 0 Å². The molecule has 1 aromatic carbocycles. The Morgan fingerprint density at radius 3 is 2.85 bits per heavy atom. The predicted molar refractivity (Wildman–Crippen MR) is 99.8 cm³/mol. The van der Waals surface area contributed by atoms with Crippen molar-refractivity contribution in [2.24, 2.45) is 0 Å². The summed E-state index contributed by atoms with van der Waals surface area (Å²) < 4.78 is 19.3. The number of halogens is 1. The van der Waals surface area contributed by atoms with Crippen LogP contribution in [0.4, 0.5) is 10.2 Å². The topological polar surface area (TPSA) is 57.6 Å². The fraction of sp³-hybridized carbons (Fsp3) is 0.550. The van der Waals surface area contributed by atoms with Gasteiger partial charge >= 0.3 is 0 Å². The van der Waals surface area contributed by atoms with Crippen LogP contribution in [0.3, 0.4) is 0 Å². The van der Waals surface area contributed by atoms with Crippen LogP contribution in [0.2, 0.25) is 0 Å². The third kappa shape index (κ3) is 3.98. The van der Waals surface area contributed by atoms with Gasteiger partial charge in [0.25, 0.3) is 0 Å². The van der Waals surface area contributed by atoms with Gasteiger partial charge in [0, 0.05) is 49.8 Å². The Hall–Kier alpha value is -1.76. The first-order valence-corrected chi connectivity index (χ1v) is 9.53. The number of hydrogen-bond donors (Lipinski definition) is 2. The largest absolute Gasteiger partial charge is 0.393 e. The summed E-state index contributed by atoms with van der Waals surface area (Å²) >= 11 is 0. The first kappa shape index (κ1) is 17.6. The van der Waals surface area contributed by atoms with Crippen molar-refractivity contribution in [2.75, 3.05) is 31.1 Å². The van der Waals surface area contributed by atoms with Gasteiger partial charge in [0.1, 0.15) is 11.6 Å². The average Bonchev–Trinajstić information content (AvgIpc) is 3.15. The number of piperidine rings is 1. The molecule has 0 unspecified atom stereocenters. The van der Waals surface area contributed by atoms with Crippen molar-refractivity contribution < 1.29 is 14.2 Å². The molecule has 2 aliphatic rings. The summed E-state index contributed by atoms with van der Waals surface area (Å²) in [6.07, 6.45) is 3.80. The summed E-state index contributed by atoms with van der Waals surface area (Å²) in [5, 5.41) is 14.2. The molecule has 3 heterocycles. The number of rotatable bonds is 5. The van der Waals surface area contributed by atoms with E-state index in [0.29, 0.717) is 18.2 Å². The lowest BCUT2D eigenvalue weighted by atomic mass is 10.1.